The van der Waals surface area contributed by atoms with Gasteiger partial charge in [-0.25, -0.2) is 8.42 Å². The highest BCUT2D eigenvalue weighted by atomic mass is 79.9. The zero-order valence-electron chi connectivity index (χ0n) is 12.2. The minimum Gasteiger partial charge on any atom is -0.365 e. The van der Waals surface area contributed by atoms with E-state index in [-0.39, 0.29) is 5.02 Å². The van der Waals surface area contributed by atoms with E-state index < -0.39 is 26.4 Å². The fourth-order valence-electron chi connectivity index (χ4n) is 1.95. The standard InChI is InChI=1S/C16H12BrCl2NO3S/c17-12-4-1-10(2-5-12)7-15(16(20)21)24(22,23)9-11-3-6-13(18)8-14(11)19/h1-8H,9H2,(H2,20,21)/b15-7-. The molecule has 0 aliphatic heterocycles. The number of sulfone groups is 1. The van der Waals surface area contributed by atoms with E-state index >= 15 is 0 Å². The van der Waals surface area contributed by atoms with Crippen molar-refractivity contribution in [3.8, 4) is 0 Å². The van der Waals surface area contributed by atoms with Gasteiger partial charge in [-0.2, -0.15) is 0 Å². The Morgan fingerprint density at radius 3 is 2.29 bits per heavy atom. The Morgan fingerprint density at radius 1 is 1.12 bits per heavy atom. The molecule has 0 saturated carbocycles. The van der Waals surface area contributed by atoms with Gasteiger partial charge in [0.05, 0.1) is 5.75 Å². The predicted octanol–water partition coefficient (Wildman–Crippen LogP) is 4.20. The molecule has 0 bridgehead atoms. The molecule has 0 aliphatic rings. The fraction of sp³-hybridized carbons (Fsp3) is 0.0625. The van der Waals surface area contributed by atoms with Crippen molar-refractivity contribution in [2.24, 2.45) is 5.73 Å². The van der Waals surface area contributed by atoms with Gasteiger partial charge in [0.1, 0.15) is 4.91 Å². The molecule has 1 amide bonds. The van der Waals surface area contributed by atoms with E-state index in [9.17, 15) is 13.2 Å². The summed E-state index contributed by atoms with van der Waals surface area (Å²) in [5.74, 6) is -1.48. The van der Waals surface area contributed by atoms with Crippen molar-refractivity contribution in [3.63, 3.8) is 0 Å². The van der Waals surface area contributed by atoms with E-state index in [0.29, 0.717) is 16.1 Å². The van der Waals surface area contributed by atoms with Crippen LogP contribution >= 0.6 is 39.1 Å². The zero-order valence-corrected chi connectivity index (χ0v) is 16.1. The van der Waals surface area contributed by atoms with Crippen molar-refractivity contribution in [1.82, 2.24) is 0 Å². The summed E-state index contributed by atoms with van der Waals surface area (Å²) in [6.07, 6.45) is 1.24. The van der Waals surface area contributed by atoms with Crippen molar-refractivity contribution >= 4 is 61.0 Å². The maximum Gasteiger partial charge on any atom is 0.260 e. The molecule has 0 unspecified atom stereocenters. The summed E-state index contributed by atoms with van der Waals surface area (Å²) in [4.78, 5) is 11.2. The SMILES string of the molecule is NC(=O)/C(=C/c1ccc(Br)cc1)S(=O)(=O)Cc1ccc(Cl)cc1Cl. The Hall–Kier alpha value is -1.34. The lowest BCUT2D eigenvalue weighted by molar-refractivity contribution is -0.113. The average Bonchev–Trinajstić information content (AvgIpc) is 2.49. The van der Waals surface area contributed by atoms with Gasteiger partial charge in [0.25, 0.3) is 5.91 Å². The molecule has 2 N–H and O–H groups in total. The summed E-state index contributed by atoms with van der Waals surface area (Å²) in [6, 6.07) is 11.3. The number of carbonyl (C=O) groups excluding carboxylic acids is 1. The van der Waals surface area contributed by atoms with Gasteiger partial charge in [0.15, 0.2) is 9.84 Å². The first-order chi connectivity index (χ1) is 11.2. The van der Waals surface area contributed by atoms with E-state index in [0.717, 1.165) is 4.47 Å². The lowest BCUT2D eigenvalue weighted by atomic mass is 10.2. The third-order valence-electron chi connectivity index (χ3n) is 3.11. The van der Waals surface area contributed by atoms with Crippen LogP contribution in [0.15, 0.2) is 51.8 Å². The molecule has 0 aromatic heterocycles. The average molecular weight is 449 g/mol. The third-order valence-corrected chi connectivity index (χ3v) is 5.90. The number of primary amides is 1. The molecular weight excluding hydrogens is 437 g/mol. The van der Waals surface area contributed by atoms with Crippen LogP contribution in [0.25, 0.3) is 6.08 Å². The predicted molar refractivity (Wildman–Crippen MR) is 100 cm³/mol. The minimum atomic E-state index is -3.97. The van der Waals surface area contributed by atoms with Gasteiger partial charge >= 0.3 is 0 Å². The summed E-state index contributed by atoms with van der Waals surface area (Å²) in [6.45, 7) is 0. The van der Waals surface area contributed by atoms with Crippen LogP contribution in [0, 0.1) is 0 Å². The number of hydrogen-bond acceptors (Lipinski definition) is 3. The van der Waals surface area contributed by atoms with Crippen LogP contribution in [0.4, 0.5) is 0 Å². The van der Waals surface area contributed by atoms with E-state index in [1.54, 1.807) is 24.3 Å². The second-order valence-electron chi connectivity index (χ2n) is 4.92. The number of carbonyl (C=O) groups is 1. The number of rotatable bonds is 5. The molecule has 126 valence electrons. The quantitative estimate of drug-likeness (QED) is 0.696. The normalized spacial score (nSPS) is 12.2. The van der Waals surface area contributed by atoms with Crippen LogP contribution in [0.1, 0.15) is 11.1 Å². The Kier molecular flexibility index (Phi) is 6.09. The van der Waals surface area contributed by atoms with Gasteiger partial charge in [-0.05, 0) is 41.5 Å². The molecule has 0 radical (unpaired) electrons. The molecule has 2 aromatic carbocycles. The van der Waals surface area contributed by atoms with Gasteiger partial charge < -0.3 is 5.73 Å². The molecule has 0 heterocycles. The number of nitrogens with two attached hydrogens (primary N) is 1. The fourth-order valence-corrected chi connectivity index (χ4v) is 4.20. The molecule has 0 saturated heterocycles. The van der Waals surface area contributed by atoms with Gasteiger partial charge in [-0.1, -0.05) is 57.3 Å². The molecule has 2 aromatic rings. The monoisotopic (exact) mass is 447 g/mol. The Labute approximate surface area is 158 Å². The Balaban J connectivity index is 2.42. The number of hydrogen-bond donors (Lipinski definition) is 1. The Morgan fingerprint density at radius 2 is 1.75 bits per heavy atom. The lowest BCUT2D eigenvalue weighted by Gasteiger charge is -2.08. The second kappa shape index (κ2) is 7.70. The van der Waals surface area contributed by atoms with Crippen LogP contribution in [-0.2, 0) is 20.4 Å². The lowest BCUT2D eigenvalue weighted by Crippen LogP contribution is -2.22. The van der Waals surface area contributed by atoms with Crippen LogP contribution < -0.4 is 5.73 Å². The summed E-state index contributed by atoms with van der Waals surface area (Å²) >= 11 is 15.1. The summed E-state index contributed by atoms with van der Waals surface area (Å²) in [5.41, 5.74) is 6.14. The Bertz CT molecular complexity index is 909. The maximum atomic E-state index is 12.6. The molecule has 24 heavy (non-hydrogen) atoms. The summed E-state index contributed by atoms with van der Waals surface area (Å²) in [7, 11) is -3.97. The molecular formula is C16H12BrCl2NO3S. The van der Waals surface area contributed by atoms with Gasteiger partial charge in [-0.3, -0.25) is 4.79 Å². The number of benzene rings is 2. The largest absolute Gasteiger partial charge is 0.365 e. The molecule has 0 fully saturated rings. The second-order valence-corrected chi connectivity index (χ2v) is 8.64. The first-order valence-electron chi connectivity index (χ1n) is 6.63. The van der Waals surface area contributed by atoms with E-state index in [4.69, 9.17) is 28.9 Å². The first kappa shape index (κ1) is 19.0. The van der Waals surface area contributed by atoms with Crippen LogP contribution in [0.2, 0.25) is 10.0 Å². The van der Waals surface area contributed by atoms with Crippen molar-refractivity contribution in [1.29, 1.82) is 0 Å². The van der Waals surface area contributed by atoms with Gasteiger partial charge in [-0.15, -0.1) is 0 Å². The summed E-state index contributed by atoms with van der Waals surface area (Å²) in [5, 5.41) is 0.597. The molecule has 4 nitrogen and oxygen atoms in total. The van der Waals surface area contributed by atoms with Gasteiger partial charge in [0.2, 0.25) is 0 Å². The van der Waals surface area contributed by atoms with Crippen molar-refractivity contribution < 1.29 is 13.2 Å². The highest BCUT2D eigenvalue weighted by Crippen LogP contribution is 2.25. The summed E-state index contributed by atoms with van der Waals surface area (Å²) < 4.78 is 26.0. The number of halogens is 3. The van der Waals surface area contributed by atoms with Crippen LogP contribution in [0.5, 0.6) is 0 Å². The van der Waals surface area contributed by atoms with Crippen LogP contribution in [0.3, 0.4) is 0 Å². The smallest absolute Gasteiger partial charge is 0.260 e. The maximum absolute atomic E-state index is 12.6. The van der Waals surface area contributed by atoms with E-state index in [1.165, 1.54) is 24.3 Å². The van der Waals surface area contributed by atoms with Crippen molar-refractivity contribution in [2.75, 3.05) is 0 Å². The molecule has 0 aliphatic carbocycles. The molecule has 2 rings (SSSR count). The molecule has 0 spiro atoms. The molecule has 8 heteroatoms. The van der Waals surface area contributed by atoms with Crippen LogP contribution in [-0.4, -0.2) is 14.3 Å². The highest BCUT2D eigenvalue weighted by Gasteiger charge is 2.24. The number of amides is 1. The minimum absolute atomic E-state index is 0.207. The molecule has 0 atom stereocenters. The third kappa shape index (κ3) is 4.83. The first-order valence-corrected chi connectivity index (χ1v) is 9.83. The van der Waals surface area contributed by atoms with E-state index in [1.807, 2.05) is 0 Å². The van der Waals surface area contributed by atoms with Crippen molar-refractivity contribution in [2.45, 2.75) is 5.75 Å². The topological polar surface area (TPSA) is 77.2 Å². The van der Waals surface area contributed by atoms with Crippen molar-refractivity contribution in [3.05, 3.63) is 73.0 Å². The van der Waals surface area contributed by atoms with Gasteiger partial charge in [0, 0.05) is 14.5 Å². The van der Waals surface area contributed by atoms with E-state index in [2.05, 4.69) is 15.9 Å². The zero-order chi connectivity index (χ0) is 17.9. The highest BCUT2D eigenvalue weighted by molar-refractivity contribution is 9.10.